The molecular weight excluding hydrogens is 614 g/mol. The van der Waals surface area contributed by atoms with Gasteiger partial charge < -0.3 is 10.1 Å². The van der Waals surface area contributed by atoms with Gasteiger partial charge in [-0.3, -0.25) is 10.1 Å². The summed E-state index contributed by atoms with van der Waals surface area (Å²) in [4.78, 5) is 12.5. The molecule has 0 bridgehead atoms. The van der Waals surface area contributed by atoms with Crippen LogP contribution in [0.25, 0.3) is 5.57 Å². The average Bonchev–Trinajstić information content (AvgIpc) is 2.94. The molecule has 9 heteroatoms. The van der Waals surface area contributed by atoms with Crippen LogP contribution in [-0.4, -0.2) is 51.1 Å². The number of benzene rings is 2. The van der Waals surface area contributed by atoms with Gasteiger partial charge in [-0.2, -0.15) is 4.98 Å². The quantitative estimate of drug-likeness (QED) is 0.164. The molecule has 1 atom stereocenters. The first kappa shape index (κ1) is 34.6. The first-order chi connectivity index (χ1) is 22.1. The number of hydrogen-bond donors (Lipinski definition) is 2. The lowest BCUT2D eigenvalue weighted by Gasteiger charge is -2.41. The molecule has 2 aromatic carbocycles. The Kier molecular flexibility index (Phi) is 11.9. The zero-order valence-corrected chi connectivity index (χ0v) is 29.8. The van der Waals surface area contributed by atoms with E-state index in [-0.39, 0.29) is 16.9 Å². The SMILES string of the molecule is C1CCC1.Cc1cc(Nc2ncc(Cl)c(N(O)c3ccccc3SC(C)C)n2)c(OC(C)C)cc1C1=CC(C2CCC2)N(C)CC1. The van der Waals surface area contributed by atoms with E-state index in [0.29, 0.717) is 22.9 Å². The third kappa shape index (κ3) is 8.57. The minimum Gasteiger partial charge on any atom is -0.489 e. The molecule has 0 saturated heterocycles. The van der Waals surface area contributed by atoms with Gasteiger partial charge in [-0.15, -0.1) is 11.8 Å². The van der Waals surface area contributed by atoms with E-state index in [1.54, 1.807) is 11.8 Å². The van der Waals surface area contributed by atoms with Crippen LogP contribution in [0.2, 0.25) is 5.02 Å². The Balaban J connectivity index is 0.000000966. The van der Waals surface area contributed by atoms with Crippen molar-refractivity contribution in [1.82, 2.24) is 14.9 Å². The van der Waals surface area contributed by atoms with Gasteiger partial charge in [0.1, 0.15) is 10.8 Å². The molecule has 2 saturated carbocycles. The molecule has 2 aliphatic carbocycles. The molecule has 3 aliphatic rings. The number of rotatable bonds is 10. The third-order valence-electron chi connectivity index (χ3n) is 8.91. The highest BCUT2D eigenvalue weighted by Crippen LogP contribution is 2.41. The first-order valence-corrected chi connectivity index (χ1v) is 18.1. The summed E-state index contributed by atoms with van der Waals surface area (Å²) in [5, 5.41) is 16.2. The largest absolute Gasteiger partial charge is 0.489 e. The summed E-state index contributed by atoms with van der Waals surface area (Å²) in [6.07, 6.45) is 15.0. The van der Waals surface area contributed by atoms with Crippen LogP contribution in [0.1, 0.15) is 90.2 Å². The molecule has 2 N–H and O–H groups in total. The van der Waals surface area contributed by atoms with E-state index < -0.39 is 0 Å². The first-order valence-electron chi connectivity index (χ1n) is 16.9. The summed E-state index contributed by atoms with van der Waals surface area (Å²) in [6, 6.07) is 12.4. The highest BCUT2D eigenvalue weighted by atomic mass is 35.5. The number of anilines is 4. The van der Waals surface area contributed by atoms with Gasteiger partial charge in [0.05, 0.1) is 23.7 Å². The Hall–Kier alpha value is -2.78. The van der Waals surface area contributed by atoms with Crippen molar-refractivity contribution in [2.75, 3.05) is 24.0 Å². The van der Waals surface area contributed by atoms with Crippen LogP contribution in [0.3, 0.4) is 0 Å². The van der Waals surface area contributed by atoms with E-state index >= 15 is 0 Å². The molecule has 6 rings (SSSR count). The van der Waals surface area contributed by atoms with Crippen molar-refractivity contribution in [2.45, 2.75) is 108 Å². The number of para-hydroxylation sites is 1. The number of halogens is 1. The molecule has 46 heavy (non-hydrogen) atoms. The van der Waals surface area contributed by atoms with Crippen LogP contribution >= 0.6 is 23.4 Å². The maximum Gasteiger partial charge on any atom is 0.229 e. The molecule has 1 aromatic heterocycles. The fourth-order valence-electron chi connectivity index (χ4n) is 5.88. The molecule has 2 fully saturated rings. The second kappa shape index (κ2) is 15.9. The smallest absolute Gasteiger partial charge is 0.229 e. The van der Waals surface area contributed by atoms with E-state index in [4.69, 9.17) is 16.3 Å². The minimum atomic E-state index is -0.0140. The Bertz CT molecular complexity index is 1500. The molecule has 3 aromatic rings. The minimum absolute atomic E-state index is 0.0140. The lowest BCUT2D eigenvalue weighted by molar-refractivity contribution is 0.149. The summed E-state index contributed by atoms with van der Waals surface area (Å²) in [7, 11) is 2.25. The predicted octanol–water partition coefficient (Wildman–Crippen LogP) is 10.4. The maximum atomic E-state index is 11.2. The predicted molar refractivity (Wildman–Crippen MR) is 193 cm³/mol. The number of ether oxygens (including phenoxy) is 1. The Morgan fingerprint density at radius 3 is 2.41 bits per heavy atom. The molecular formula is C37H50ClN5O2S. The normalized spacial score (nSPS) is 18.3. The van der Waals surface area contributed by atoms with Crippen molar-refractivity contribution in [1.29, 1.82) is 0 Å². The summed E-state index contributed by atoms with van der Waals surface area (Å²) in [5.74, 6) is 2.01. The fraction of sp³-hybridized carbons (Fsp3) is 0.514. The van der Waals surface area contributed by atoms with Gasteiger partial charge in [0.15, 0.2) is 5.82 Å². The van der Waals surface area contributed by atoms with Crippen LogP contribution in [0.4, 0.5) is 23.1 Å². The molecule has 0 amide bonds. The summed E-state index contributed by atoms with van der Waals surface area (Å²) in [6.45, 7) is 11.5. The second-order valence-electron chi connectivity index (χ2n) is 13.3. The van der Waals surface area contributed by atoms with Crippen molar-refractivity contribution in [3.8, 4) is 5.75 Å². The van der Waals surface area contributed by atoms with Gasteiger partial charge in [-0.1, -0.05) is 75.8 Å². The van der Waals surface area contributed by atoms with Gasteiger partial charge in [0.2, 0.25) is 5.95 Å². The van der Waals surface area contributed by atoms with Gasteiger partial charge in [-0.25, -0.2) is 10.0 Å². The zero-order valence-electron chi connectivity index (χ0n) is 28.2. The van der Waals surface area contributed by atoms with Crippen LogP contribution in [0.5, 0.6) is 5.75 Å². The number of nitrogens with zero attached hydrogens (tertiary/aromatic N) is 4. The average molecular weight is 664 g/mol. The van der Waals surface area contributed by atoms with Gasteiger partial charge in [0.25, 0.3) is 0 Å². The Morgan fingerprint density at radius 2 is 1.78 bits per heavy atom. The second-order valence-corrected chi connectivity index (χ2v) is 15.3. The van der Waals surface area contributed by atoms with Crippen molar-refractivity contribution < 1.29 is 9.94 Å². The summed E-state index contributed by atoms with van der Waals surface area (Å²) >= 11 is 8.16. The number of aryl methyl sites for hydroxylation is 1. The lowest BCUT2D eigenvalue weighted by atomic mass is 9.76. The topological polar surface area (TPSA) is 73.8 Å². The van der Waals surface area contributed by atoms with Crippen molar-refractivity contribution in [3.63, 3.8) is 0 Å². The number of nitrogens with one attached hydrogen (secondary N) is 1. The standard InChI is InChI=1S/C33H42ClN5O2S.C4H8/c1-20(2)41-30-18-25(24-14-15-38(6)29(17-24)23-10-9-11-23)22(5)16-27(30)36-33-35-19-26(34)32(37-33)39(40)28-12-7-8-13-31(28)42-21(3)4;1-2-4-3-1/h7-8,12-13,16-21,23,29,40H,9-11,14-15H2,1-6H3,(H,35,36,37);1-4H2. The van der Waals surface area contributed by atoms with E-state index in [0.717, 1.165) is 45.8 Å². The maximum absolute atomic E-state index is 11.2. The number of aromatic nitrogens is 2. The molecule has 2 heterocycles. The number of thioether (sulfide) groups is 1. The molecule has 1 unspecified atom stereocenters. The van der Waals surface area contributed by atoms with Crippen LogP contribution < -0.4 is 15.1 Å². The number of hydrogen-bond acceptors (Lipinski definition) is 8. The van der Waals surface area contributed by atoms with E-state index in [1.165, 1.54) is 62.3 Å². The summed E-state index contributed by atoms with van der Waals surface area (Å²) < 4.78 is 6.31. The zero-order chi connectivity index (χ0) is 32.8. The van der Waals surface area contributed by atoms with E-state index in [2.05, 4.69) is 66.2 Å². The monoisotopic (exact) mass is 663 g/mol. The van der Waals surface area contributed by atoms with Gasteiger partial charge in [0, 0.05) is 22.7 Å². The molecule has 0 radical (unpaired) electrons. The van der Waals surface area contributed by atoms with Gasteiger partial charge >= 0.3 is 0 Å². The number of likely N-dealkylation sites (N-methyl/N-ethyl adjacent to an activating group) is 1. The Morgan fingerprint density at radius 1 is 1.07 bits per heavy atom. The molecule has 7 nitrogen and oxygen atoms in total. The fourth-order valence-corrected chi connectivity index (χ4v) is 7.00. The highest BCUT2D eigenvalue weighted by molar-refractivity contribution is 8.00. The van der Waals surface area contributed by atoms with Crippen molar-refractivity contribution in [3.05, 3.63) is 64.8 Å². The van der Waals surface area contributed by atoms with E-state index in [9.17, 15) is 5.21 Å². The molecule has 1 aliphatic heterocycles. The third-order valence-corrected chi connectivity index (χ3v) is 10.2. The van der Waals surface area contributed by atoms with Gasteiger partial charge in [-0.05, 0) is 94.0 Å². The van der Waals surface area contributed by atoms with Crippen LogP contribution in [0.15, 0.2) is 53.6 Å². The van der Waals surface area contributed by atoms with Crippen molar-refractivity contribution >= 4 is 52.1 Å². The van der Waals surface area contributed by atoms with E-state index in [1.807, 2.05) is 38.1 Å². The molecule has 248 valence electrons. The summed E-state index contributed by atoms with van der Waals surface area (Å²) in [5.41, 5.74) is 5.16. The van der Waals surface area contributed by atoms with Crippen LogP contribution in [0, 0.1) is 12.8 Å². The lowest BCUT2D eigenvalue weighted by Crippen LogP contribution is -2.42. The Labute approximate surface area is 284 Å². The highest BCUT2D eigenvalue weighted by Gasteiger charge is 2.31. The van der Waals surface area contributed by atoms with Crippen molar-refractivity contribution in [2.24, 2.45) is 5.92 Å². The molecule has 0 spiro atoms. The van der Waals surface area contributed by atoms with Crippen LogP contribution in [-0.2, 0) is 0 Å².